The van der Waals surface area contributed by atoms with E-state index in [1.165, 1.54) is 31.0 Å². The lowest BCUT2D eigenvalue weighted by Crippen LogP contribution is -2.36. The summed E-state index contributed by atoms with van der Waals surface area (Å²) in [7, 11) is 1.44. The second kappa shape index (κ2) is 8.12. The van der Waals surface area contributed by atoms with Gasteiger partial charge in [-0.2, -0.15) is 4.98 Å². The van der Waals surface area contributed by atoms with Gasteiger partial charge in [-0.25, -0.2) is 9.97 Å². The Labute approximate surface area is 159 Å². The Morgan fingerprint density at radius 3 is 3.00 bits per heavy atom. The average Bonchev–Trinajstić information content (AvgIpc) is 3.13. The van der Waals surface area contributed by atoms with E-state index in [9.17, 15) is 9.90 Å². The first kappa shape index (κ1) is 18.8. The summed E-state index contributed by atoms with van der Waals surface area (Å²) in [5.41, 5.74) is 7.37. The third-order valence-electron chi connectivity index (χ3n) is 3.96. The van der Waals surface area contributed by atoms with Crippen LogP contribution in [0.25, 0.3) is 11.2 Å². The smallest absolute Gasteiger partial charge is 0.251 e. The molecule has 0 saturated heterocycles. The summed E-state index contributed by atoms with van der Waals surface area (Å²) < 4.78 is 5.05. The average molecular weight is 388 g/mol. The number of methoxy groups -OCH3 is 1. The molecule has 0 unspecified atom stereocenters. The molecule has 2 heterocycles. The maximum atomic E-state index is 12.5. The van der Waals surface area contributed by atoms with Gasteiger partial charge in [0.25, 0.3) is 5.91 Å². The Balaban J connectivity index is 1.68. The first-order valence-electron chi connectivity index (χ1n) is 8.29. The van der Waals surface area contributed by atoms with Crippen molar-refractivity contribution in [2.45, 2.75) is 24.4 Å². The highest BCUT2D eigenvalue weighted by Crippen LogP contribution is 2.27. The first-order valence-corrected chi connectivity index (χ1v) is 9.27. The van der Waals surface area contributed by atoms with Crippen molar-refractivity contribution in [1.29, 1.82) is 0 Å². The number of fused-ring (bicyclic) bond motifs is 1. The monoisotopic (exact) mass is 388 g/mol. The summed E-state index contributed by atoms with van der Waals surface area (Å²) in [5.74, 6) is 0.756. The number of rotatable bonds is 7. The molecule has 0 aliphatic carbocycles. The number of thioether (sulfide) groups is 1. The lowest BCUT2D eigenvalue weighted by molar-refractivity contribution is 0.0939. The van der Waals surface area contributed by atoms with Crippen LogP contribution in [0.4, 0.5) is 5.95 Å². The number of hydrogen-bond donors (Lipinski definition) is 4. The molecule has 10 heteroatoms. The molecule has 1 aromatic carbocycles. The summed E-state index contributed by atoms with van der Waals surface area (Å²) in [6.07, 6.45) is 2.28. The minimum atomic E-state index is -0.241. The van der Waals surface area contributed by atoms with Gasteiger partial charge in [-0.3, -0.25) is 4.79 Å². The van der Waals surface area contributed by atoms with Crippen molar-refractivity contribution in [2.75, 3.05) is 18.6 Å². The zero-order chi connectivity index (χ0) is 19.4. The molecule has 3 rings (SSSR count). The Kier molecular flexibility index (Phi) is 5.65. The molecule has 0 radical (unpaired) electrons. The number of nitrogens with one attached hydrogen (secondary N) is 2. The van der Waals surface area contributed by atoms with Crippen LogP contribution in [0.15, 0.2) is 29.6 Å². The number of H-pyrrole nitrogens is 1. The number of benzene rings is 1. The van der Waals surface area contributed by atoms with Gasteiger partial charge in [0.15, 0.2) is 17.1 Å². The van der Waals surface area contributed by atoms with Gasteiger partial charge in [0.2, 0.25) is 5.95 Å². The van der Waals surface area contributed by atoms with E-state index in [-0.39, 0.29) is 29.4 Å². The van der Waals surface area contributed by atoms with Crippen LogP contribution in [0, 0.1) is 0 Å². The fraction of sp³-hybridized carbons (Fsp3) is 0.294. The number of phenols is 1. The first-order chi connectivity index (χ1) is 13.0. The Hall–Kier alpha value is -3.01. The van der Waals surface area contributed by atoms with Gasteiger partial charge < -0.3 is 25.9 Å². The number of hydrogen-bond acceptors (Lipinski definition) is 8. The van der Waals surface area contributed by atoms with E-state index >= 15 is 0 Å². The van der Waals surface area contributed by atoms with Crippen molar-refractivity contribution >= 4 is 34.8 Å². The van der Waals surface area contributed by atoms with Gasteiger partial charge >= 0.3 is 0 Å². The maximum Gasteiger partial charge on any atom is 0.251 e. The van der Waals surface area contributed by atoms with Crippen LogP contribution >= 0.6 is 11.8 Å². The molecule has 2 aromatic heterocycles. The number of nitrogen functional groups attached to an aromatic ring is 1. The van der Waals surface area contributed by atoms with Gasteiger partial charge in [0.1, 0.15) is 10.5 Å². The van der Waals surface area contributed by atoms with E-state index in [4.69, 9.17) is 10.5 Å². The number of aromatic nitrogens is 4. The van der Waals surface area contributed by atoms with Crippen molar-refractivity contribution in [3.63, 3.8) is 0 Å². The normalized spacial score (nSPS) is 12.1. The Morgan fingerprint density at radius 2 is 2.26 bits per heavy atom. The molecule has 1 atom stereocenters. The van der Waals surface area contributed by atoms with Gasteiger partial charge in [-0.05, 0) is 24.6 Å². The van der Waals surface area contributed by atoms with E-state index in [2.05, 4.69) is 25.3 Å². The summed E-state index contributed by atoms with van der Waals surface area (Å²) in [4.78, 5) is 27.9. The van der Waals surface area contributed by atoms with Crippen molar-refractivity contribution in [3.05, 3.63) is 30.1 Å². The molecular formula is C17H20N6O3S. The molecule has 0 fully saturated rings. The Morgan fingerprint density at radius 1 is 1.44 bits per heavy atom. The number of carbonyl (C=O) groups excluding carboxylic acids is 1. The van der Waals surface area contributed by atoms with Crippen LogP contribution < -0.4 is 15.8 Å². The number of amides is 1. The van der Waals surface area contributed by atoms with E-state index in [1.807, 2.05) is 6.92 Å². The molecule has 5 N–H and O–H groups in total. The zero-order valence-corrected chi connectivity index (χ0v) is 15.7. The SMILES string of the molecule is CC[C@H](CSc1nc(N)nc2nc[nH]c12)NC(=O)c1ccc(O)c(OC)c1. The third-order valence-corrected chi connectivity index (χ3v) is 5.10. The van der Waals surface area contributed by atoms with Crippen LogP contribution in [0.2, 0.25) is 0 Å². The fourth-order valence-corrected chi connectivity index (χ4v) is 3.59. The lowest BCUT2D eigenvalue weighted by Gasteiger charge is -2.17. The number of ether oxygens (including phenoxy) is 1. The quantitative estimate of drug-likeness (QED) is 0.356. The number of aromatic hydroxyl groups is 1. The molecule has 0 aliphatic rings. The van der Waals surface area contributed by atoms with Crippen molar-refractivity contribution < 1.29 is 14.6 Å². The molecule has 27 heavy (non-hydrogen) atoms. The molecule has 0 saturated carbocycles. The predicted octanol–water partition coefficient (Wildman–Crippen LogP) is 1.95. The van der Waals surface area contributed by atoms with Gasteiger partial charge in [0.05, 0.1) is 13.4 Å². The number of nitrogens with zero attached hydrogens (tertiary/aromatic N) is 3. The fourth-order valence-electron chi connectivity index (χ4n) is 2.46. The predicted molar refractivity (Wildman–Crippen MR) is 103 cm³/mol. The third kappa shape index (κ3) is 4.22. The van der Waals surface area contributed by atoms with Crippen LogP contribution in [0.5, 0.6) is 11.5 Å². The van der Waals surface area contributed by atoms with Gasteiger partial charge in [-0.15, -0.1) is 11.8 Å². The van der Waals surface area contributed by atoms with E-state index in [0.717, 1.165) is 11.9 Å². The van der Waals surface area contributed by atoms with Crippen molar-refractivity contribution in [3.8, 4) is 11.5 Å². The summed E-state index contributed by atoms with van der Waals surface area (Å²) in [6, 6.07) is 4.40. The largest absolute Gasteiger partial charge is 0.504 e. The zero-order valence-electron chi connectivity index (χ0n) is 14.9. The lowest BCUT2D eigenvalue weighted by atomic mass is 10.1. The summed E-state index contributed by atoms with van der Waals surface area (Å²) in [6.45, 7) is 1.99. The summed E-state index contributed by atoms with van der Waals surface area (Å²) >= 11 is 1.47. The van der Waals surface area contributed by atoms with Crippen LogP contribution in [-0.2, 0) is 0 Å². The highest BCUT2D eigenvalue weighted by atomic mass is 32.2. The van der Waals surface area contributed by atoms with Crippen LogP contribution in [0.3, 0.4) is 0 Å². The minimum Gasteiger partial charge on any atom is -0.504 e. The van der Waals surface area contributed by atoms with E-state index < -0.39 is 0 Å². The van der Waals surface area contributed by atoms with E-state index in [0.29, 0.717) is 22.0 Å². The number of phenolic OH excluding ortho intramolecular Hbond substituents is 1. The Bertz CT molecular complexity index is 961. The van der Waals surface area contributed by atoms with Crippen molar-refractivity contribution in [1.82, 2.24) is 25.3 Å². The number of aromatic amines is 1. The molecule has 142 valence electrons. The number of nitrogens with two attached hydrogens (primary N) is 1. The number of carbonyl (C=O) groups is 1. The number of imidazole rings is 1. The highest BCUT2D eigenvalue weighted by Gasteiger charge is 2.16. The van der Waals surface area contributed by atoms with Gasteiger partial charge in [0, 0.05) is 17.4 Å². The molecule has 3 aromatic rings. The van der Waals surface area contributed by atoms with Crippen molar-refractivity contribution in [2.24, 2.45) is 0 Å². The minimum absolute atomic E-state index is 0.0124. The van der Waals surface area contributed by atoms with Crippen LogP contribution in [0.1, 0.15) is 23.7 Å². The second-order valence-corrected chi connectivity index (χ2v) is 6.77. The molecular weight excluding hydrogens is 368 g/mol. The maximum absolute atomic E-state index is 12.5. The molecule has 1 amide bonds. The number of anilines is 1. The standard InChI is InChI=1S/C17H20N6O3S/c1-3-10(21-15(25)9-4-5-11(24)12(6-9)26-2)7-27-16-13-14(20-8-19-13)22-17(18)23-16/h4-6,8,10,24H,3,7H2,1-2H3,(H,21,25)(H3,18,19,20,22,23)/t10-/m1/s1. The highest BCUT2D eigenvalue weighted by molar-refractivity contribution is 7.99. The molecule has 9 nitrogen and oxygen atoms in total. The van der Waals surface area contributed by atoms with Crippen LogP contribution in [-0.4, -0.2) is 49.9 Å². The topological polar surface area (TPSA) is 139 Å². The molecule has 0 aliphatic heterocycles. The second-order valence-electron chi connectivity index (χ2n) is 5.76. The summed E-state index contributed by atoms with van der Waals surface area (Å²) in [5, 5.41) is 13.3. The van der Waals surface area contributed by atoms with Gasteiger partial charge in [-0.1, -0.05) is 6.92 Å². The molecule has 0 bridgehead atoms. The van der Waals surface area contributed by atoms with E-state index in [1.54, 1.807) is 12.4 Å². The molecule has 0 spiro atoms.